The van der Waals surface area contributed by atoms with Gasteiger partial charge in [-0.3, -0.25) is 0 Å². The summed E-state index contributed by atoms with van der Waals surface area (Å²) < 4.78 is 0. The van der Waals surface area contributed by atoms with E-state index < -0.39 is 0 Å². The average molecular weight is 249 g/mol. The van der Waals surface area contributed by atoms with Gasteiger partial charge in [0.15, 0.2) is 5.11 Å². The summed E-state index contributed by atoms with van der Waals surface area (Å²) in [6.45, 7) is 6.15. The molecule has 0 aliphatic rings. The Hall–Kier alpha value is -1.42. The molecule has 0 aromatic heterocycles. The SMILES string of the molecule is CCC/C(C)=N/N(C(N)=S)c1ccc(C)cc1. The van der Waals surface area contributed by atoms with Gasteiger partial charge in [0.25, 0.3) is 0 Å². The summed E-state index contributed by atoms with van der Waals surface area (Å²) >= 11 is 5.03. The molecule has 0 saturated heterocycles. The highest BCUT2D eigenvalue weighted by Crippen LogP contribution is 2.16. The van der Waals surface area contributed by atoms with Gasteiger partial charge in [-0.25, -0.2) is 5.01 Å². The first-order chi connectivity index (χ1) is 8.04. The van der Waals surface area contributed by atoms with Gasteiger partial charge in [-0.15, -0.1) is 0 Å². The average Bonchev–Trinajstić information content (AvgIpc) is 2.27. The van der Waals surface area contributed by atoms with E-state index in [2.05, 4.69) is 12.0 Å². The van der Waals surface area contributed by atoms with Crippen molar-refractivity contribution in [3.05, 3.63) is 29.8 Å². The van der Waals surface area contributed by atoms with Crippen molar-refractivity contribution in [3.8, 4) is 0 Å². The quantitative estimate of drug-likeness (QED) is 0.506. The van der Waals surface area contributed by atoms with Crippen LogP contribution in [0.25, 0.3) is 0 Å². The zero-order chi connectivity index (χ0) is 12.8. The Kier molecular flexibility index (Phi) is 5.10. The van der Waals surface area contributed by atoms with Crippen molar-refractivity contribution < 1.29 is 0 Å². The molecule has 0 saturated carbocycles. The Morgan fingerprint density at radius 3 is 2.41 bits per heavy atom. The molecule has 0 unspecified atom stereocenters. The third-order valence-corrected chi connectivity index (χ3v) is 2.54. The van der Waals surface area contributed by atoms with E-state index in [1.54, 1.807) is 5.01 Å². The molecular weight excluding hydrogens is 230 g/mol. The number of aryl methyl sites for hydroxylation is 1. The van der Waals surface area contributed by atoms with Gasteiger partial charge in [0.1, 0.15) is 0 Å². The van der Waals surface area contributed by atoms with Gasteiger partial charge >= 0.3 is 0 Å². The molecule has 0 aliphatic carbocycles. The molecule has 0 aliphatic heterocycles. The van der Waals surface area contributed by atoms with Crippen molar-refractivity contribution in [2.24, 2.45) is 10.8 Å². The van der Waals surface area contributed by atoms with Crippen molar-refractivity contribution in [1.82, 2.24) is 0 Å². The third-order valence-electron chi connectivity index (χ3n) is 2.37. The van der Waals surface area contributed by atoms with Gasteiger partial charge in [0, 0.05) is 5.71 Å². The molecule has 3 nitrogen and oxygen atoms in total. The first-order valence-corrected chi connectivity index (χ1v) is 6.15. The maximum absolute atomic E-state index is 5.70. The maximum atomic E-state index is 5.70. The van der Waals surface area contributed by atoms with E-state index in [4.69, 9.17) is 18.0 Å². The van der Waals surface area contributed by atoms with Crippen molar-refractivity contribution in [1.29, 1.82) is 0 Å². The van der Waals surface area contributed by atoms with Gasteiger partial charge < -0.3 is 5.73 Å². The number of benzene rings is 1. The molecule has 0 bridgehead atoms. The Morgan fingerprint density at radius 1 is 1.35 bits per heavy atom. The van der Waals surface area contributed by atoms with E-state index in [0.717, 1.165) is 24.2 Å². The van der Waals surface area contributed by atoms with Crippen molar-refractivity contribution in [3.63, 3.8) is 0 Å². The van der Waals surface area contributed by atoms with Crippen molar-refractivity contribution >= 4 is 28.7 Å². The molecule has 1 aromatic rings. The second-order valence-electron chi connectivity index (χ2n) is 4.07. The monoisotopic (exact) mass is 249 g/mol. The van der Waals surface area contributed by atoms with E-state index in [1.807, 2.05) is 38.1 Å². The first kappa shape index (κ1) is 13.6. The van der Waals surface area contributed by atoms with Crippen LogP contribution < -0.4 is 10.7 Å². The normalized spacial score (nSPS) is 11.4. The van der Waals surface area contributed by atoms with E-state index >= 15 is 0 Å². The minimum atomic E-state index is 0.268. The molecule has 1 aromatic carbocycles. The fourth-order valence-electron chi connectivity index (χ4n) is 1.50. The summed E-state index contributed by atoms with van der Waals surface area (Å²) in [7, 11) is 0. The fourth-order valence-corrected chi connectivity index (χ4v) is 1.65. The summed E-state index contributed by atoms with van der Waals surface area (Å²) in [5.74, 6) is 0. The van der Waals surface area contributed by atoms with Gasteiger partial charge in [-0.05, 0) is 44.6 Å². The molecule has 17 heavy (non-hydrogen) atoms. The second kappa shape index (κ2) is 6.35. The van der Waals surface area contributed by atoms with Crippen LogP contribution in [0.2, 0.25) is 0 Å². The lowest BCUT2D eigenvalue weighted by Crippen LogP contribution is -2.31. The summed E-state index contributed by atoms with van der Waals surface area (Å²) in [4.78, 5) is 0. The summed E-state index contributed by atoms with van der Waals surface area (Å²) in [5.41, 5.74) is 8.83. The Bertz CT molecular complexity index is 409. The summed E-state index contributed by atoms with van der Waals surface area (Å²) in [5, 5.41) is 6.33. The molecule has 2 N–H and O–H groups in total. The van der Waals surface area contributed by atoms with E-state index in [9.17, 15) is 0 Å². The fraction of sp³-hybridized carbons (Fsp3) is 0.385. The Labute approximate surface area is 108 Å². The van der Waals surface area contributed by atoms with Gasteiger partial charge in [0.2, 0.25) is 0 Å². The number of nitrogens with two attached hydrogens (primary N) is 1. The van der Waals surface area contributed by atoms with Crippen LogP contribution in [-0.2, 0) is 0 Å². The summed E-state index contributed by atoms with van der Waals surface area (Å²) in [6.07, 6.45) is 2.01. The number of nitrogens with zero attached hydrogens (tertiary/aromatic N) is 2. The topological polar surface area (TPSA) is 41.6 Å². The molecule has 92 valence electrons. The van der Waals surface area contributed by atoms with Crippen LogP contribution >= 0.6 is 12.2 Å². The predicted octanol–water partition coefficient (Wildman–Crippen LogP) is 3.22. The van der Waals surface area contributed by atoms with Crippen molar-refractivity contribution in [2.75, 3.05) is 5.01 Å². The van der Waals surface area contributed by atoms with Crippen LogP contribution in [0.4, 0.5) is 5.69 Å². The van der Waals surface area contributed by atoms with Gasteiger partial charge in [-0.2, -0.15) is 5.10 Å². The van der Waals surface area contributed by atoms with Crippen LogP contribution in [0.3, 0.4) is 0 Å². The van der Waals surface area contributed by atoms with Crippen LogP contribution in [0.5, 0.6) is 0 Å². The zero-order valence-electron chi connectivity index (χ0n) is 10.6. The van der Waals surface area contributed by atoms with Crippen LogP contribution in [0, 0.1) is 6.92 Å². The van der Waals surface area contributed by atoms with Gasteiger partial charge in [-0.1, -0.05) is 31.0 Å². The highest BCUT2D eigenvalue weighted by atomic mass is 32.1. The number of rotatable bonds is 4. The smallest absolute Gasteiger partial charge is 0.191 e. The molecule has 4 heteroatoms. The molecule has 0 fully saturated rings. The Balaban J connectivity index is 2.97. The lowest BCUT2D eigenvalue weighted by molar-refractivity contribution is 0.970. The van der Waals surface area contributed by atoms with E-state index in [0.29, 0.717) is 0 Å². The predicted molar refractivity (Wildman–Crippen MR) is 78.5 cm³/mol. The highest BCUT2D eigenvalue weighted by molar-refractivity contribution is 7.80. The number of hydrogen-bond acceptors (Lipinski definition) is 2. The van der Waals surface area contributed by atoms with Gasteiger partial charge in [0.05, 0.1) is 5.69 Å². The van der Waals surface area contributed by atoms with Crippen molar-refractivity contribution in [2.45, 2.75) is 33.6 Å². The zero-order valence-corrected chi connectivity index (χ0v) is 11.4. The largest absolute Gasteiger partial charge is 0.374 e. The lowest BCUT2D eigenvalue weighted by Gasteiger charge is -2.18. The second-order valence-corrected chi connectivity index (χ2v) is 4.49. The lowest BCUT2D eigenvalue weighted by atomic mass is 10.2. The number of hydrogen-bond donors (Lipinski definition) is 1. The maximum Gasteiger partial charge on any atom is 0.191 e. The minimum Gasteiger partial charge on any atom is -0.374 e. The molecule has 0 spiro atoms. The van der Waals surface area contributed by atoms with Crippen LogP contribution in [0.1, 0.15) is 32.3 Å². The molecule has 0 amide bonds. The molecular formula is C13H19N3S. The molecule has 0 heterocycles. The summed E-state index contributed by atoms with van der Waals surface area (Å²) in [6, 6.07) is 7.98. The highest BCUT2D eigenvalue weighted by Gasteiger charge is 2.08. The molecule has 0 atom stereocenters. The van der Waals surface area contributed by atoms with E-state index in [-0.39, 0.29) is 5.11 Å². The first-order valence-electron chi connectivity index (χ1n) is 5.75. The molecule has 0 radical (unpaired) electrons. The van der Waals surface area contributed by atoms with E-state index in [1.165, 1.54) is 5.56 Å². The Morgan fingerprint density at radius 2 is 1.94 bits per heavy atom. The number of thiocarbonyl (C=S) groups is 1. The number of hydrazone groups is 1. The number of anilines is 1. The minimum absolute atomic E-state index is 0.268. The standard InChI is InChI=1S/C13H19N3S/c1-4-5-11(3)15-16(13(14)17)12-8-6-10(2)7-9-12/h6-9H,4-5H2,1-3H3,(H2,14,17)/b15-11+. The van der Waals surface area contributed by atoms with Crippen LogP contribution in [-0.4, -0.2) is 10.8 Å². The third kappa shape index (κ3) is 4.15. The van der Waals surface area contributed by atoms with Crippen LogP contribution in [0.15, 0.2) is 29.4 Å². The molecule has 1 rings (SSSR count).